The summed E-state index contributed by atoms with van der Waals surface area (Å²) in [6.45, 7) is 3.77. The molecule has 0 saturated heterocycles. The Morgan fingerprint density at radius 1 is 1.29 bits per heavy atom. The Hall–Kier alpha value is -1.76. The molecule has 72 valence electrons. The van der Waals surface area contributed by atoms with Crippen LogP contribution in [0.5, 0.6) is 0 Å². The Kier molecular flexibility index (Phi) is 4.29. The van der Waals surface area contributed by atoms with Gasteiger partial charge in [-0.3, -0.25) is 0 Å². The van der Waals surface area contributed by atoms with Gasteiger partial charge in [0.25, 0.3) is 0 Å². The van der Waals surface area contributed by atoms with Gasteiger partial charge in [0.2, 0.25) is 0 Å². The van der Waals surface area contributed by atoms with Gasteiger partial charge < -0.3 is 4.74 Å². The van der Waals surface area contributed by atoms with E-state index in [1.807, 2.05) is 48.6 Å². The summed E-state index contributed by atoms with van der Waals surface area (Å²) in [7, 11) is 1.63. The predicted molar refractivity (Wildman–Crippen MR) is 60.8 cm³/mol. The molecule has 1 aromatic rings. The molecular weight excluding hydrogens is 172 g/mol. The molecule has 0 aliphatic rings. The molecule has 1 aromatic carbocycles. The highest BCUT2D eigenvalue weighted by atomic mass is 16.5. The van der Waals surface area contributed by atoms with Gasteiger partial charge in [-0.2, -0.15) is 0 Å². The number of rotatable bonds is 4. The maximum absolute atomic E-state index is 4.81. The van der Waals surface area contributed by atoms with Gasteiger partial charge in [-0.15, -0.1) is 0 Å². The van der Waals surface area contributed by atoms with Crippen LogP contribution in [0.2, 0.25) is 0 Å². The van der Waals surface area contributed by atoms with Crippen LogP contribution in [0.25, 0.3) is 5.57 Å². The second kappa shape index (κ2) is 5.81. The zero-order chi connectivity index (χ0) is 10.2. The number of methoxy groups -OCH3 is 1. The van der Waals surface area contributed by atoms with E-state index < -0.39 is 0 Å². The van der Waals surface area contributed by atoms with Crippen LogP contribution in [0.3, 0.4) is 0 Å². The molecule has 0 saturated carbocycles. The molecule has 0 spiro atoms. The van der Waals surface area contributed by atoms with Crippen molar-refractivity contribution in [2.24, 2.45) is 0 Å². The first kappa shape index (κ1) is 10.3. The Bertz CT molecular complexity index is 334. The number of allylic oxidation sites excluding steroid dienone is 4. The lowest BCUT2D eigenvalue weighted by atomic mass is 10.1. The first-order chi connectivity index (χ1) is 6.88. The van der Waals surface area contributed by atoms with Gasteiger partial charge in [-0.1, -0.05) is 49.1 Å². The minimum atomic E-state index is 1.08. The van der Waals surface area contributed by atoms with Crippen LogP contribution < -0.4 is 0 Å². The lowest BCUT2D eigenvalue weighted by molar-refractivity contribution is 0.338. The Balaban J connectivity index is 2.87. The zero-order valence-corrected chi connectivity index (χ0v) is 8.31. The molecule has 1 nitrogen and oxygen atoms in total. The third kappa shape index (κ3) is 2.94. The summed E-state index contributed by atoms with van der Waals surface area (Å²) >= 11 is 0. The third-order valence-electron chi connectivity index (χ3n) is 1.82. The molecule has 0 aliphatic heterocycles. The molecule has 0 unspecified atom stereocenters. The fraction of sp³-hybridized carbons (Fsp3) is 0.0769. The average molecular weight is 186 g/mol. The number of hydrogen-bond donors (Lipinski definition) is 0. The number of hydrogen-bond acceptors (Lipinski definition) is 1. The molecule has 0 aromatic heterocycles. The first-order valence-electron chi connectivity index (χ1n) is 4.46. The van der Waals surface area contributed by atoms with Crippen molar-refractivity contribution < 1.29 is 4.74 Å². The van der Waals surface area contributed by atoms with Gasteiger partial charge in [0.1, 0.15) is 0 Å². The quantitative estimate of drug-likeness (QED) is 0.517. The van der Waals surface area contributed by atoms with Crippen molar-refractivity contribution >= 4 is 5.57 Å². The molecule has 1 heteroatoms. The topological polar surface area (TPSA) is 9.23 Å². The third-order valence-corrected chi connectivity index (χ3v) is 1.82. The normalized spacial score (nSPS) is 11.6. The molecule has 0 N–H and O–H groups in total. The predicted octanol–water partition coefficient (Wildman–Crippen LogP) is 3.42. The van der Waals surface area contributed by atoms with Crippen molar-refractivity contribution in [3.63, 3.8) is 0 Å². The molecule has 1 rings (SSSR count). The second-order valence-electron chi connectivity index (χ2n) is 2.76. The van der Waals surface area contributed by atoms with Crippen LogP contribution in [0.15, 0.2) is 61.4 Å². The van der Waals surface area contributed by atoms with Crippen molar-refractivity contribution in [3.05, 3.63) is 67.0 Å². The van der Waals surface area contributed by atoms with Gasteiger partial charge in [0, 0.05) is 0 Å². The van der Waals surface area contributed by atoms with Crippen molar-refractivity contribution in [2.75, 3.05) is 7.11 Å². The molecule has 0 atom stereocenters. The number of ether oxygens (including phenoxy) is 1. The highest BCUT2D eigenvalue weighted by Gasteiger charge is 1.92. The molecule has 0 heterocycles. The van der Waals surface area contributed by atoms with Crippen molar-refractivity contribution in [1.82, 2.24) is 0 Å². The van der Waals surface area contributed by atoms with Crippen molar-refractivity contribution in [2.45, 2.75) is 0 Å². The summed E-state index contributed by atoms with van der Waals surface area (Å²) < 4.78 is 4.81. The van der Waals surface area contributed by atoms with E-state index in [4.69, 9.17) is 4.74 Å². The second-order valence-corrected chi connectivity index (χ2v) is 2.76. The Morgan fingerprint density at radius 3 is 2.57 bits per heavy atom. The minimum absolute atomic E-state index is 1.08. The van der Waals surface area contributed by atoms with E-state index in [-0.39, 0.29) is 0 Å². The fourth-order valence-electron chi connectivity index (χ4n) is 1.13. The van der Waals surface area contributed by atoms with E-state index in [0.717, 1.165) is 11.1 Å². The van der Waals surface area contributed by atoms with Crippen LogP contribution in [0.1, 0.15) is 5.56 Å². The van der Waals surface area contributed by atoms with E-state index in [9.17, 15) is 0 Å². The van der Waals surface area contributed by atoms with Gasteiger partial charge in [0.05, 0.1) is 13.4 Å². The molecule has 14 heavy (non-hydrogen) atoms. The smallest absolute Gasteiger partial charge is 0.0824 e. The summed E-state index contributed by atoms with van der Waals surface area (Å²) in [6, 6.07) is 10.1. The lowest BCUT2D eigenvalue weighted by Gasteiger charge is -1.99. The summed E-state index contributed by atoms with van der Waals surface area (Å²) in [5, 5.41) is 0. The maximum atomic E-state index is 4.81. The van der Waals surface area contributed by atoms with Crippen LogP contribution in [0, 0.1) is 0 Å². The van der Waals surface area contributed by atoms with Crippen LogP contribution in [-0.2, 0) is 4.74 Å². The number of benzene rings is 1. The molecule has 0 radical (unpaired) electrons. The summed E-state index contributed by atoms with van der Waals surface area (Å²) in [6.07, 6.45) is 7.28. The van der Waals surface area contributed by atoms with Crippen LogP contribution in [0.4, 0.5) is 0 Å². The molecular formula is C13H14O. The summed E-state index contributed by atoms with van der Waals surface area (Å²) in [4.78, 5) is 0. The standard InChI is InChI=1S/C13H14O/c1-3-12(10-7-11-14-2)13-8-5-4-6-9-13/h3-11H,1H2,2H3/b11-7+,12-10+. The van der Waals surface area contributed by atoms with Crippen LogP contribution in [-0.4, -0.2) is 7.11 Å². The van der Waals surface area contributed by atoms with Crippen LogP contribution >= 0.6 is 0 Å². The van der Waals surface area contributed by atoms with Gasteiger partial charge in [-0.25, -0.2) is 0 Å². The minimum Gasteiger partial charge on any atom is -0.504 e. The Morgan fingerprint density at radius 2 is 2.00 bits per heavy atom. The SMILES string of the molecule is C=C/C(=C\C=C\OC)c1ccccc1. The van der Waals surface area contributed by atoms with E-state index in [1.165, 1.54) is 0 Å². The molecule has 0 aliphatic carbocycles. The summed E-state index contributed by atoms with van der Waals surface area (Å²) in [5.41, 5.74) is 2.24. The molecule has 0 fully saturated rings. The Labute approximate surface area is 85.0 Å². The van der Waals surface area contributed by atoms with Gasteiger partial charge >= 0.3 is 0 Å². The highest BCUT2D eigenvalue weighted by Crippen LogP contribution is 2.14. The fourth-order valence-corrected chi connectivity index (χ4v) is 1.13. The van der Waals surface area contributed by atoms with E-state index >= 15 is 0 Å². The molecule has 0 amide bonds. The van der Waals surface area contributed by atoms with Crippen molar-refractivity contribution in [3.8, 4) is 0 Å². The van der Waals surface area contributed by atoms with Crippen molar-refractivity contribution in [1.29, 1.82) is 0 Å². The lowest BCUT2D eigenvalue weighted by Crippen LogP contribution is -1.78. The largest absolute Gasteiger partial charge is 0.504 e. The van der Waals surface area contributed by atoms with E-state index in [0.29, 0.717) is 0 Å². The zero-order valence-electron chi connectivity index (χ0n) is 8.31. The highest BCUT2D eigenvalue weighted by molar-refractivity contribution is 5.74. The van der Waals surface area contributed by atoms with E-state index in [2.05, 4.69) is 6.58 Å². The first-order valence-corrected chi connectivity index (χ1v) is 4.46. The van der Waals surface area contributed by atoms with Gasteiger partial charge in [-0.05, 0) is 17.2 Å². The van der Waals surface area contributed by atoms with E-state index in [1.54, 1.807) is 13.4 Å². The maximum Gasteiger partial charge on any atom is 0.0824 e. The van der Waals surface area contributed by atoms with Gasteiger partial charge in [0.15, 0.2) is 0 Å². The monoisotopic (exact) mass is 186 g/mol. The summed E-state index contributed by atoms with van der Waals surface area (Å²) in [5.74, 6) is 0. The average Bonchev–Trinajstić information content (AvgIpc) is 2.26. The molecule has 0 bridgehead atoms.